The molecule has 0 bridgehead atoms. The lowest BCUT2D eigenvalue weighted by atomic mass is 9.94. The number of amides is 5. The van der Waals surface area contributed by atoms with Gasteiger partial charge in [-0.3, -0.25) is 9.59 Å². The van der Waals surface area contributed by atoms with Crippen molar-refractivity contribution < 1.29 is 37.8 Å². The van der Waals surface area contributed by atoms with E-state index < -0.39 is 53.4 Å². The number of hydrogen-bond acceptors (Lipinski definition) is 6. The fraction of sp³-hybridized carbons (Fsp3) is 0.429. The van der Waals surface area contributed by atoms with Crippen molar-refractivity contribution in [2.75, 3.05) is 18.9 Å². The van der Waals surface area contributed by atoms with Crippen molar-refractivity contribution in [3.05, 3.63) is 64.2 Å². The highest BCUT2D eigenvalue weighted by Crippen LogP contribution is 2.48. The highest BCUT2D eigenvalue weighted by molar-refractivity contribution is 6.06. The molecule has 0 unspecified atom stereocenters. The Labute approximate surface area is 228 Å². The molecule has 2 atom stereocenters. The van der Waals surface area contributed by atoms with Crippen molar-refractivity contribution in [3.63, 3.8) is 0 Å². The predicted octanol–water partition coefficient (Wildman–Crippen LogP) is 2.91. The Morgan fingerprint density at radius 3 is 2.45 bits per heavy atom. The average Bonchev–Trinajstić information content (AvgIpc) is 3.71. The van der Waals surface area contributed by atoms with Crippen molar-refractivity contribution in [2.45, 2.75) is 56.4 Å². The lowest BCUT2D eigenvalue weighted by Gasteiger charge is -2.39. The molecule has 1 spiro atoms. The number of rotatable bonds is 4. The van der Waals surface area contributed by atoms with Crippen LogP contribution in [-0.2, 0) is 39.3 Å². The molecule has 0 radical (unpaired) electrons. The molecule has 2 aromatic carbocycles. The summed E-state index contributed by atoms with van der Waals surface area (Å²) in [5, 5.41) is 16.8. The van der Waals surface area contributed by atoms with E-state index in [0.717, 1.165) is 22.6 Å². The first-order valence-electron chi connectivity index (χ1n) is 13.2. The quantitative estimate of drug-likeness (QED) is 0.533. The van der Waals surface area contributed by atoms with Gasteiger partial charge in [-0.25, -0.2) is 23.3 Å². The summed E-state index contributed by atoms with van der Waals surface area (Å²) in [6.45, 7) is -0.858. The van der Waals surface area contributed by atoms with Gasteiger partial charge in [-0.2, -0.15) is 0 Å². The predicted molar refractivity (Wildman–Crippen MR) is 136 cm³/mol. The summed E-state index contributed by atoms with van der Waals surface area (Å²) in [5.41, 5.74) is -0.587. The van der Waals surface area contributed by atoms with Gasteiger partial charge in [0.2, 0.25) is 11.5 Å². The van der Waals surface area contributed by atoms with E-state index in [4.69, 9.17) is 4.74 Å². The highest BCUT2D eigenvalue weighted by atomic mass is 19.2. The maximum atomic E-state index is 14.1. The minimum Gasteiger partial charge on any atom is -0.427 e. The monoisotopic (exact) mass is 554 g/mol. The second kappa shape index (κ2) is 9.26. The van der Waals surface area contributed by atoms with Crippen molar-refractivity contribution in [1.82, 2.24) is 15.1 Å². The van der Waals surface area contributed by atoms with E-state index in [1.165, 1.54) is 11.9 Å². The molecule has 12 heteroatoms. The van der Waals surface area contributed by atoms with Gasteiger partial charge in [-0.1, -0.05) is 6.07 Å². The van der Waals surface area contributed by atoms with Crippen LogP contribution >= 0.6 is 0 Å². The van der Waals surface area contributed by atoms with Gasteiger partial charge in [0.15, 0.2) is 11.6 Å². The molecule has 2 aromatic rings. The summed E-state index contributed by atoms with van der Waals surface area (Å²) < 4.78 is 33.6. The summed E-state index contributed by atoms with van der Waals surface area (Å²) in [7, 11) is 1.48. The zero-order chi connectivity index (χ0) is 28.4. The Morgan fingerprint density at radius 1 is 1.05 bits per heavy atom. The van der Waals surface area contributed by atoms with Crippen LogP contribution in [0.3, 0.4) is 0 Å². The third-order valence-electron chi connectivity index (χ3n) is 8.47. The van der Waals surface area contributed by atoms with Crippen LogP contribution in [0.15, 0.2) is 30.3 Å². The molecular weight excluding hydrogens is 526 g/mol. The van der Waals surface area contributed by atoms with Crippen molar-refractivity contribution in [2.24, 2.45) is 5.92 Å². The number of carbonyl (C=O) groups excluding carboxylic acids is 4. The van der Waals surface area contributed by atoms with Crippen molar-refractivity contribution in [1.29, 1.82) is 0 Å². The van der Waals surface area contributed by atoms with Gasteiger partial charge in [-0.15, -0.1) is 0 Å². The first kappa shape index (κ1) is 26.2. The summed E-state index contributed by atoms with van der Waals surface area (Å²) in [6.07, 6.45) is 1.33. The maximum absolute atomic E-state index is 14.1. The number of nitrogens with zero attached hydrogens (tertiary/aromatic N) is 2. The van der Waals surface area contributed by atoms with Crippen LogP contribution in [0.1, 0.15) is 47.9 Å². The van der Waals surface area contributed by atoms with Crippen LogP contribution < -0.4 is 10.6 Å². The fourth-order valence-corrected chi connectivity index (χ4v) is 6.19. The molecule has 2 aliphatic heterocycles. The van der Waals surface area contributed by atoms with E-state index in [1.54, 1.807) is 18.2 Å². The van der Waals surface area contributed by atoms with E-state index in [9.17, 15) is 33.1 Å². The third kappa shape index (κ3) is 4.09. The third-order valence-corrected chi connectivity index (χ3v) is 8.47. The number of carbonyl (C=O) groups is 4. The molecule has 2 fully saturated rings. The molecule has 2 heterocycles. The van der Waals surface area contributed by atoms with Crippen LogP contribution in [0.2, 0.25) is 0 Å². The number of imide groups is 1. The normalized spacial score (nSPS) is 25.4. The second-order valence-corrected chi connectivity index (χ2v) is 10.8. The number of nitrogens with one attached hydrogen (secondary N) is 2. The van der Waals surface area contributed by atoms with Crippen molar-refractivity contribution in [3.8, 4) is 0 Å². The zero-order valence-electron chi connectivity index (χ0n) is 21.8. The lowest BCUT2D eigenvalue weighted by molar-refractivity contribution is -0.170. The number of halogens is 2. The molecule has 4 aliphatic rings. The number of urea groups is 1. The smallest absolute Gasteiger partial charge is 0.418 e. The van der Waals surface area contributed by atoms with Gasteiger partial charge in [0.05, 0.1) is 0 Å². The van der Waals surface area contributed by atoms with Gasteiger partial charge < -0.3 is 25.4 Å². The minimum atomic E-state index is -1.59. The van der Waals surface area contributed by atoms with Crippen LogP contribution in [0.25, 0.3) is 0 Å². The first-order valence-corrected chi connectivity index (χ1v) is 13.2. The largest absolute Gasteiger partial charge is 0.427 e. The minimum absolute atomic E-state index is 0.115. The Morgan fingerprint density at radius 2 is 1.75 bits per heavy atom. The molecule has 40 heavy (non-hydrogen) atoms. The van der Waals surface area contributed by atoms with E-state index in [-0.39, 0.29) is 31.7 Å². The SMILES string of the molecule is CNC(=O)Nc1ccc2c(c1)CC[C@@]21OC(=O)N(CC(=O)N2Cc3cc(F)c(F)cc3CC[C@@]2(O)C2CC2)C1=O. The molecular formula is C28H28F2N4O6. The van der Waals surface area contributed by atoms with Gasteiger partial charge in [-0.05, 0) is 73.1 Å². The molecule has 6 rings (SSSR count). The maximum Gasteiger partial charge on any atom is 0.418 e. The Bertz CT molecular complexity index is 1460. The Balaban J connectivity index is 1.26. The number of anilines is 1. The van der Waals surface area contributed by atoms with Gasteiger partial charge in [0, 0.05) is 37.2 Å². The molecule has 10 nitrogen and oxygen atoms in total. The lowest BCUT2D eigenvalue weighted by Crippen LogP contribution is -2.55. The number of benzene rings is 2. The second-order valence-electron chi connectivity index (χ2n) is 10.8. The number of ether oxygens (including phenoxy) is 1. The summed E-state index contributed by atoms with van der Waals surface area (Å²) in [6, 6.07) is 6.63. The van der Waals surface area contributed by atoms with Crippen molar-refractivity contribution >= 4 is 29.6 Å². The van der Waals surface area contributed by atoms with E-state index in [1.807, 2.05) is 0 Å². The van der Waals surface area contributed by atoms with E-state index >= 15 is 0 Å². The van der Waals surface area contributed by atoms with Gasteiger partial charge in [0.25, 0.3) is 5.91 Å². The van der Waals surface area contributed by atoms with Gasteiger partial charge >= 0.3 is 12.1 Å². The van der Waals surface area contributed by atoms with Crippen LogP contribution in [0.4, 0.5) is 24.1 Å². The fourth-order valence-electron chi connectivity index (χ4n) is 6.19. The van der Waals surface area contributed by atoms with Crippen LogP contribution in [-0.4, -0.2) is 58.2 Å². The molecule has 2 aliphatic carbocycles. The number of aryl methyl sites for hydroxylation is 2. The molecule has 0 aromatic heterocycles. The number of hydrogen-bond donors (Lipinski definition) is 3. The standard InChI is InChI=1S/C28H28F2N4O6/c1-31-25(37)32-19-4-5-20-16(10-19)6-8-27(20)24(36)33(26(38)40-27)14-23(35)34-13-17-12-22(30)21(29)11-15(17)7-9-28(34,39)18-2-3-18/h4-5,10-12,18,39H,2-3,6-9,13-14H2,1H3,(H2,31,32,37)/t27-,28-/m1/s1. The van der Waals surface area contributed by atoms with Gasteiger partial charge in [0.1, 0.15) is 12.3 Å². The molecule has 1 saturated heterocycles. The van der Waals surface area contributed by atoms with Crippen LogP contribution in [0, 0.1) is 17.6 Å². The molecule has 5 amide bonds. The Kier molecular flexibility index (Phi) is 6.06. The number of aliphatic hydroxyl groups is 1. The van der Waals surface area contributed by atoms with E-state index in [0.29, 0.717) is 41.6 Å². The molecule has 210 valence electrons. The zero-order valence-corrected chi connectivity index (χ0v) is 21.8. The van der Waals surface area contributed by atoms with Crippen LogP contribution in [0.5, 0.6) is 0 Å². The Hall–Kier alpha value is -4.06. The first-order chi connectivity index (χ1) is 19.1. The molecule has 3 N–H and O–H groups in total. The summed E-state index contributed by atoms with van der Waals surface area (Å²) in [5.74, 6) is -3.66. The summed E-state index contributed by atoms with van der Waals surface area (Å²) >= 11 is 0. The topological polar surface area (TPSA) is 128 Å². The molecule has 1 saturated carbocycles. The highest BCUT2D eigenvalue weighted by Gasteiger charge is 2.59. The average molecular weight is 555 g/mol. The number of fused-ring (bicyclic) bond motifs is 3. The van der Waals surface area contributed by atoms with E-state index in [2.05, 4.69) is 10.6 Å². The summed E-state index contributed by atoms with van der Waals surface area (Å²) in [4.78, 5) is 53.9.